The van der Waals surface area contributed by atoms with Gasteiger partial charge >= 0.3 is 6.03 Å². The Morgan fingerprint density at radius 2 is 1.72 bits per heavy atom. The summed E-state index contributed by atoms with van der Waals surface area (Å²) in [4.78, 5) is 27.7. The van der Waals surface area contributed by atoms with Crippen LogP contribution in [0, 0.1) is 6.92 Å². The van der Waals surface area contributed by atoms with E-state index in [4.69, 9.17) is 0 Å². The maximum absolute atomic E-state index is 13.3. The number of urea groups is 1. The molecule has 2 amide bonds. The number of Topliss-reactive ketones (excluding diaryl/α,β-unsaturated/α-hetero) is 1. The number of hydrogen-bond donors (Lipinski definition) is 0. The van der Waals surface area contributed by atoms with Crippen molar-refractivity contribution in [2.75, 3.05) is 15.7 Å². The number of nitrogens with zero attached hydrogens (tertiary/aromatic N) is 2. The number of rotatable bonds is 4. The summed E-state index contributed by atoms with van der Waals surface area (Å²) in [5.74, 6) is -0.271. The number of carbonyl (C=O) groups excluding carboxylic acids is 2. The van der Waals surface area contributed by atoms with Crippen molar-refractivity contribution in [3.8, 4) is 0 Å². The number of thiophene rings is 1. The summed E-state index contributed by atoms with van der Waals surface area (Å²) in [6, 6.07) is 15.5. The summed E-state index contributed by atoms with van der Waals surface area (Å²) in [6.45, 7) is 1.61. The third-order valence-electron chi connectivity index (χ3n) is 4.50. The van der Waals surface area contributed by atoms with Gasteiger partial charge in [0.05, 0.1) is 26.6 Å². The van der Waals surface area contributed by atoms with Gasteiger partial charge in [-0.25, -0.2) is 13.2 Å². The van der Waals surface area contributed by atoms with Crippen molar-refractivity contribution in [2.45, 2.75) is 11.8 Å². The molecule has 0 spiro atoms. The minimum absolute atomic E-state index is 0.0136. The normalized spacial score (nSPS) is 15.3. The quantitative estimate of drug-likeness (QED) is 0.490. The molecule has 0 saturated heterocycles. The van der Waals surface area contributed by atoms with Gasteiger partial charge in [0.1, 0.15) is 4.90 Å². The lowest BCUT2D eigenvalue weighted by Gasteiger charge is -2.35. The van der Waals surface area contributed by atoms with Crippen LogP contribution >= 0.6 is 27.3 Å². The van der Waals surface area contributed by atoms with E-state index in [0.29, 0.717) is 4.88 Å². The van der Waals surface area contributed by atoms with Crippen LogP contribution in [0.25, 0.3) is 0 Å². The monoisotopic (exact) mass is 490 g/mol. The molecule has 3 aromatic rings. The zero-order valence-corrected chi connectivity index (χ0v) is 18.4. The van der Waals surface area contributed by atoms with Crippen LogP contribution in [0.4, 0.5) is 16.2 Å². The van der Waals surface area contributed by atoms with E-state index in [9.17, 15) is 18.0 Å². The van der Waals surface area contributed by atoms with E-state index in [1.165, 1.54) is 28.4 Å². The molecule has 1 aromatic heterocycles. The van der Waals surface area contributed by atoms with Gasteiger partial charge in [-0.2, -0.15) is 4.31 Å². The van der Waals surface area contributed by atoms with Crippen molar-refractivity contribution in [3.05, 3.63) is 74.9 Å². The minimum atomic E-state index is -4.10. The number of amides is 2. The predicted octanol–water partition coefficient (Wildman–Crippen LogP) is 4.84. The highest BCUT2D eigenvalue weighted by molar-refractivity contribution is 9.11. The molecule has 4 rings (SSSR count). The second-order valence-corrected chi connectivity index (χ2v) is 10.7. The number of anilines is 2. The highest BCUT2D eigenvalue weighted by Gasteiger charge is 2.43. The average molecular weight is 491 g/mol. The van der Waals surface area contributed by atoms with Gasteiger partial charge < -0.3 is 0 Å². The van der Waals surface area contributed by atoms with Crippen LogP contribution in [0.5, 0.6) is 0 Å². The first kappa shape index (κ1) is 19.8. The molecule has 0 aliphatic carbocycles. The number of benzene rings is 2. The van der Waals surface area contributed by atoms with Gasteiger partial charge in [0, 0.05) is 0 Å². The molecule has 6 nitrogen and oxygen atoms in total. The average Bonchev–Trinajstić information content (AvgIpc) is 3.13. The molecule has 2 heterocycles. The van der Waals surface area contributed by atoms with Gasteiger partial charge in [0.2, 0.25) is 0 Å². The molecular weight excluding hydrogens is 476 g/mol. The molecule has 1 aliphatic rings. The Kier molecular flexibility index (Phi) is 5.05. The van der Waals surface area contributed by atoms with Gasteiger partial charge in [0.25, 0.3) is 10.0 Å². The van der Waals surface area contributed by atoms with E-state index >= 15 is 0 Å². The molecule has 0 fully saturated rings. The van der Waals surface area contributed by atoms with E-state index in [-0.39, 0.29) is 28.6 Å². The van der Waals surface area contributed by atoms with Crippen LogP contribution in [0.1, 0.15) is 15.2 Å². The molecule has 0 atom stereocenters. The number of carbonyl (C=O) groups is 2. The molecule has 9 heteroatoms. The molecule has 0 unspecified atom stereocenters. The van der Waals surface area contributed by atoms with Gasteiger partial charge in [-0.15, -0.1) is 11.3 Å². The van der Waals surface area contributed by atoms with E-state index in [1.807, 2.05) is 6.92 Å². The third-order valence-corrected chi connectivity index (χ3v) is 7.91. The standard InChI is InChI=1S/C20H15BrN2O4S2/c1-13-6-8-14(9-7-13)23-20(25)22(12-16(24)17-10-11-19(21)28-17)15-4-2-3-5-18(15)29(23,26)27/h2-11H,12H2,1H3. The second-order valence-electron chi connectivity index (χ2n) is 6.47. The zero-order valence-electron chi connectivity index (χ0n) is 15.2. The topological polar surface area (TPSA) is 74.8 Å². The lowest BCUT2D eigenvalue weighted by Crippen LogP contribution is -2.52. The Labute approximate surface area is 180 Å². The first-order valence-electron chi connectivity index (χ1n) is 8.60. The Bertz CT molecular complexity index is 1220. The van der Waals surface area contributed by atoms with Crippen LogP contribution in [0.15, 0.2) is 69.3 Å². The SMILES string of the molecule is Cc1ccc(N2C(=O)N(CC(=O)c3ccc(Br)s3)c3ccccc3S2(=O)=O)cc1. The summed E-state index contributed by atoms with van der Waals surface area (Å²) >= 11 is 4.59. The molecule has 0 saturated carbocycles. The fourth-order valence-electron chi connectivity index (χ4n) is 3.08. The van der Waals surface area contributed by atoms with E-state index in [2.05, 4.69) is 15.9 Å². The van der Waals surface area contributed by atoms with Crippen LogP contribution in [-0.2, 0) is 10.0 Å². The number of halogens is 1. The number of sulfonamides is 1. The minimum Gasteiger partial charge on any atom is -0.291 e. The molecule has 0 radical (unpaired) electrons. The van der Waals surface area contributed by atoms with Crippen molar-refractivity contribution in [2.24, 2.45) is 0 Å². The molecular formula is C20H15BrN2O4S2. The lowest BCUT2D eigenvalue weighted by molar-refractivity contribution is 0.100. The largest absolute Gasteiger partial charge is 0.343 e. The summed E-state index contributed by atoms with van der Waals surface area (Å²) < 4.78 is 27.9. The second kappa shape index (κ2) is 7.40. The van der Waals surface area contributed by atoms with Crippen molar-refractivity contribution in [1.29, 1.82) is 0 Å². The molecule has 29 heavy (non-hydrogen) atoms. The predicted molar refractivity (Wildman–Crippen MR) is 116 cm³/mol. The van der Waals surface area contributed by atoms with E-state index < -0.39 is 16.1 Å². The van der Waals surface area contributed by atoms with E-state index in [1.54, 1.807) is 48.5 Å². The van der Waals surface area contributed by atoms with Crippen LogP contribution < -0.4 is 9.21 Å². The Hall–Kier alpha value is -2.49. The number of aryl methyl sites for hydroxylation is 1. The van der Waals surface area contributed by atoms with Gasteiger partial charge in [-0.1, -0.05) is 29.8 Å². The highest BCUT2D eigenvalue weighted by atomic mass is 79.9. The smallest absolute Gasteiger partial charge is 0.291 e. The Morgan fingerprint density at radius 3 is 2.38 bits per heavy atom. The Balaban J connectivity index is 1.81. The highest BCUT2D eigenvalue weighted by Crippen LogP contribution is 2.37. The summed E-state index contributed by atoms with van der Waals surface area (Å²) in [5.41, 5.74) is 1.36. The molecule has 0 bridgehead atoms. The number of ketones is 1. The van der Waals surface area contributed by atoms with Gasteiger partial charge in [-0.3, -0.25) is 9.69 Å². The number of hydrogen-bond acceptors (Lipinski definition) is 5. The molecule has 1 aliphatic heterocycles. The molecule has 0 N–H and O–H groups in total. The van der Waals surface area contributed by atoms with Crippen LogP contribution in [-0.4, -0.2) is 26.8 Å². The van der Waals surface area contributed by atoms with Crippen molar-refractivity contribution in [1.82, 2.24) is 0 Å². The fraction of sp³-hybridized carbons (Fsp3) is 0.100. The molecule has 148 valence electrons. The van der Waals surface area contributed by atoms with Gasteiger partial charge in [-0.05, 0) is 59.3 Å². The first-order valence-corrected chi connectivity index (χ1v) is 11.6. The summed E-state index contributed by atoms with van der Waals surface area (Å²) in [7, 11) is -4.10. The summed E-state index contributed by atoms with van der Waals surface area (Å²) in [5, 5.41) is 0. The van der Waals surface area contributed by atoms with Crippen molar-refractivity contribution in [3.63, 3.8) is 0 Å². The van der Waals surface area contributed by atoms with Crippen LogP contribution in [0.2, 0.25) is 0 Å². The zero-order chi connectivity index (χ0) is 20.8. The van der Waals surface area contributed by atoms with E-state index in [0.717, 1.165) is 13.7 Å². The maximum Gasteiger partial charge on any atom is 0.343 e. The summed E-state index contributed by atoms with van der Waals surface area (Å²) in [6.07, 6.45) is 0. The maximum atomic E-state index is 13.3. The number of fused-ring (bicyclic) bond motifs is 1. The van der Waals surface area contributed by atoms with Crippen molar-refractivity contribution < 1.29 is 18.0 Å². The Morgan fingerprint density at radius 1 is 1.03 bits per heavy atom. The van der Waals surface area contributed by atoms with Gasteiger partial charge in [0.15, 0.2) is 5.78 Å². The van der Waals surface area contributed by atoms with Crippen LogP contribution in [0.3, 0.4) is 0 Å². The van der Waals surface area contributed by atoms with Crippen molar-refractivity contribution >= 4 is 60.5 Å². The lowest BCUT2D eigenvalue weighted by atomic mass is 10.2. The third kappa shape index (κ3) is 3.50. The fourth-order valence-corrected chi connectivity index (χ4v) is 5.99. The number of para-hydroxylation sites is 1. The first-order chi connectivity index (χ1) is 13.8. The molecule has 2 aromatic carbocycles.